The number of nitrogens with one attached hydrogen (secondary N) is 1. The van der Waals surface area contributed by atoms with Crippen LogP contribution in [0.4, 0.5) is 18.9 Å². The van der Waals surface area contributed by atoms with Crippen LogP contribution in [0.15, 0.2) is 12.2 Å². The Labute approximate surface area is 141 Å². The maximum Gasteiger partial charge on any atom is 0.224 e. The molecular weight excluding hydrogens is 314 g/mol. The molecule has 0 spiro atoms. The minimum absolute atomic E-state index is 0.00569. The van der Waals surface area contributed by atoms with Gasteiger partial charge in [0.05, 0.1) is 13.5 Å². The monoisotopic (exact) mass is 335 g/mol. The predicted octanol–water partition coefficient (Wildman–Crippen LogP) is 4.90. The second-order valence-corrected chi connectivity index (χ2v) is 6.58. The smallest absolute Gasteiger partial charge is 0.224 e. The summed E-state index contributed by atoms with van der Waals surface area (Å²) in [5, 5.41) is 1.66. The first-order valence-corrected chi connectivity index (χ1v) is 8.12. The number of carbonyl (C=O) groups is 1. The number of rotatable bonds is 3. The molecule has 2 rings (SSSR count). The van der Waals surface area contributed by atoms with E-state index in [1.165, 1.54) is 13.8 Å². The molecule has 0 fully saturated rings. The van der Waals surface area contributed by atoms with Gasteiger partial charge in [0.2, 0.25) is 5.91 Å². The fraction of sp³-hybridized carbons (Fsp3) is 0.500. The molecule has 1 amide bonds. The van der Waals surface area contributed by atoms with Gasteiger partial charge in [-0.15, -0.1) is 0 Å². The van der Waals surface area contributed by atoms with E-state index < -0.39 is 28.7 Å². The van der Waals surface area contributed by atoms with Crippen molar-refractivity contribution in [2.45, 2.75) is 57.7 Å². The van der Waals surface area contributed by atoms with Gasteiger partial charge in [0.1, 0.15) is 0 Å². The van der Waals surface area contributed by atoms with E-state index in [2.05, 4.69) is 5.32 Å². The first-order chi connectivity index (χ1) is 11.2. The molecule has 0 aromatic heterocycles. The molecule has 24 heavy (non-hydrogen) atoms. The molecule has 6 heteroatoms. The van der Waals surface area contributed by atoms with E-state index in [0.29, 0.717) is 12.8 Å². The van der Waals surface area contributed by atoms with Crippen molar-refractivity contribution < 1.29 is 18.0 Å². The molecule has 0 bridgehead atoms. The van der Waals surface area contributed by atoms with Crippen LogP contribution in [0.25, 0.3) is 0 Å². The van der Waals surface area contributed by atoms with Gasteiger partial charge in [-0.05, 0) is 44.2 Å². The van der Waals surface area contributed by atoms with E-state index in [0.717, 1.165) is 19.3 Å². The summed E-state index contributed by atoms with van der Waals surface area (Å²) in [5.74, 6) is -4.69. The van der Waals surface area contributed by atoms with Gasteiger partial charge in [0.25, 0.3) is 0 Å². The number of hydrogen-bond donors (Lipinski definition) is 1. The second kappa shape index (κ2) is 7.45. The zero-order chi connectivity index (χ0) is 17.9. The van der Waals surface area contributed by atoms with Crippen molar-refractivity contribution in [1.82, 2.24) is 0 Å². The van der Waals surface area contributed by atoms with Gasteiger partial charge in [-0.2, -0.15) is 0 Å². The standard InChI is InChI=1S/C18H21BF3NO/c1-11-12(2)17(16(22)15(21)14(11)20)23-13(24)10-18(19)8-6-4-3-5-7-9-18/h4,6H,3,5,7-10H2,1-2H3,(H,23,24)/b6-4+/t18-/m0/s1. The third kappa shape index (κ3) is 4.03. The molecule has 1 atom stereocenters. The van der Waals surface area contributed by atoms with E-state index in [4.69, 9.17) is 7.85 Å². The maximum absolute atomic E-state index is 14.0. The number of benzene rings is 1. The van der Waals surface area contributed by atoms with Crippen LogP contribution in [0.5, 0.6) is 0 Å². The van der Waals surface area contributed by atoms with Gasteiger partial charge in [0.15, 0.2) is 17.5 Å². The van der Waals surface area contributed by atoms with Crippen molar-refractivity contribution in [1.29, 1.82) is 0 Å². The van der Waals surface area contributed by atoms with Gasteiger partial charge in [-0.3, -0.25) is 4.79 Å². The van der Waals surface area contributed by atoms with E-state index in [1.54, 1.807) is 0 Å². The highest BCUT2D eigenvalue weighted by atomic mass is 19.2. The van der Waals surface area contributed by atoms with Crippen molar-refractivity contribution in [3.63, 3.8) is 0 Å². The summed E-state index contributed by atoms with van der Waals surface area (Å²) in [6.07, 6.45) is 8.15. The molecule has 2 radical (unpaired) electrons. The molecule has 1 aromatic rings. The second-order valence-electron chi connectivity index (χ2n) is 6.58. The minimum Gasteiger partial charge on any atom is -0.323 e. The highest BCUT2D eigenvalue weighted by molar-refractivity contribution is 6.17. The summed E-state index contributed by atoms with van der Waals surface area (Å²) in [7, 11) is 6.30. The lowest BCUT2D eigenvalue weighted by molar-refractivity contribution is -0.116. The van der Waals surface area contributed by atoms with Crippen molar-refractivity contribution >= 4 is 19.4 Å². The number of carbonyl (C=O) groups excluding carboxylic acids is 1. The Kier molecular flexibility index (Phi) is 5.78. The quantitative estimate of drug-likeness (QED) is 0.475. The van der Waals surface area contributed by atoms with Gasteiger partial charge in [-0.1, -0.05) is 30.3 Å². The lowest BCUT2D eigenvalue weighted by Crippen LogP contribution is -2.24. The third-order valence-corrected chi connectivity index (χ3v) is 4.64. The summed E-state index contributed by atoms with van der Waals surface area (Å²) >= 11 is 0. The highest BCUT2D eigenvalue weighted by Gasteiger charge is 2.28. The molecule has 1 N–H and O–H groups in total. The van der Waals surface area contributed by atoms with Gasteiger partial charge >= 0.3 is 0 Å². The zero-order valence-electron chi connectivity index (χ0n) is 14.0. The summed E-state index contributed by atoms with van der Waals surface area (Å²) < 4.78 is 41.1. The van der Waals surface area contributed by atoms with Gasteiger partial charge < -0.3 is 5.32 Å². The first-order valence-electron chi connectivity index (χ1n) is 8.12. The fourth-order valence-corrected chi connectivity index (χ4v) is 2.98. The number of halogens is 3. The maximum atomic E-state index is 14.0. The molecule has 0 unspecified atom stereocenters. The Morgan fingerprint density at radius 3 is 2.54 bits per heavy atom. The van der Waals surface area contributed by atoms with Crippen molar-refractivity contribution in [3.8, 4) is 0 Å². The van der Waals surface area contributed by atoms with Crippen LogP contribution in [0, 0.1) is 31.3 Å². The molecule has 0 aliphatic heterocycles. The molecule has 0 saturated carbocycles. The molecule has 0 saturated heterocycles. The van der Waals surface area contributed by atoms with Crippen molar-refractivity contribution in [3.05, 3.63) is 40.7 Å². The molecule has 1 aromatic carbocycles. The van der Waals surface area contributed by atoms with Crippen LogP contribution in [0.3, 0.4) is 0 Å². The summed E-state index contributed by atoms with van der Waals surface area (Å²) in [6.45, 7) is 2.78. The van der Waals surface area contributed by atoms with Gasteiger partial charge in [-0.25, -0.2) is 13.2 Å². The topological polar surface area (TPSA) is 29.1 Å². The van der Waals surface area contributed by atoms with Gasteiger partial charge in [0, 0.05) is 6.42 Å². The normalized spacial score (nSPS) is 22.5. The van der Waals surface area contributed by atoms with Crippen LogP contribution in [-0.2, 0) is 4.79 Å². The van der Waals surface area contributed by atoms with E-state index in [-0.39, 0.29) is 23.2 Å². The van der Waals surface area contributed by atoms with E-state index >= 15 is 0 Å². The summed E-state index contributed by atoms with van der Waals surface area (Å²) in [5.41, 5.74) is -0.176. The Balaban J connectivity index is 2.18. The van der Waals surface area contributed by atoms with Crippen LogP contribution < -0.4 is 5.32 Å². The Morgan fingerprint density at radius 2 is 1.83 bits per heavy atom. The number of anilines is 1. The third-order valence-electron chi connectivity index (χ3n) is 4.64. The van der Waals surface area contributed by atoms with Crippen LogP contribution >= 0.6 is 0 Å². The van der Waals surface area contributed by atoms with Crippen molar-refractivity contribution in [2.75, 3.05) is 5.32 Å². The molecular formula is C18H21BF3NO. The summed E-state index contributed by atoms with van der Waals surface area (Å²) in [4.78, 5) is 12.3. The van der Waals surface area contributed by atoms with Crippen LogP contribution in [-0.4, -0.2) is 13.8 Å². The van der Waals surface area contributed by atoms with Crippen molar-refractivity contribution in [2.24, 2.45) is 0 Å². The van der Waals surface area contributed by atoms with Crippen LogP contribution in [0.2, 0.25) is 5.31 Å². The summed E-state index contributed by atoms with van der Waals surface area (Å²) in [6, 6.07) is 0. The fourth-order valence-electron chi connectivity index (χ4n) is 2.98. The largest absolute Gasteiger partial charge is 0.323 e. The predicted molar refractivity (Wildman–Crippen MR) is 89.7 cm³/mol. The molecule has 2 nitrogen and oxygen atoms in total. The molecule has 1 aliphatic carbocycles. The minimum atomic E-state index is -1.58. The molecule has 1 aliphatic rings. The lowest BCUT2D eigenvalue weighted by atomic mass is 9.61. The van der Waals surface area contributed by atoms with Crippen LogP contribution in [0.1, 0.15) is 49.7 Å². The van der Waals surface area contributed by atoms with E-state index in [1.807, 2.05) is 12.2 Å². The SMILES string of the molecule is [B][C@@]1(CC(=O)Nc2c(C)c(C)c(F)c(F)c2F)C/C=C/CCCC1. The Bertz CT molecular complexity index is 646. The Morgan fingerprint density at radius 1 is 1.12 bits per heavy atom. The Hall–Kier alpha value is -1.72. The van der Waals surface area contributed by atoms with E-state index in [9.17, 15) is 18.0 Å². The zero-order valence-corrected chi connectivity index (χ0v) is 14.0. The average Bonchev–Trinajstić information content (AvgIpc) is 2.52. The first kappa shape index (κ1) is 18.6. The molecule has 0 heterocycles. The average molecular weight is 335 g/mol. The number of hydrogen-bond acceptors (Lipinski definition) is 1. The highest BCUT2D eigenvalue weighted by Crippen LogP contribution is 2.39. The lowest BCUT2D eigenvalue weighted by Gasteiger charge is -2.29. The number of amides is 1. The number of allylic oxidation sites excluding steroid dienone is 2. The molecule has 128 valence electrons.